The molecular formula is C25H32N4O5. The second-order valence-corrected chi connectivity index (χ2v) is 7.95. The van der Waals surface area contributed by atoms with Crippen molar-refractivity contribution in [2.24, 2.45) is 5.10 Å². The van der Waals surface area contributed by atoms with Gasteiger partial charge in [-0.25, -0.2) is 5.43 Å². The minimum atomic E-state index is -0.851. The van der Waals surface area contributed by atoms with Crippen LogP contribution in [0, 0.1) is 13.8 Å². The highest BCUT2D eigenvalue weighted by Gasteiger charge is 2.11. The average molecular weight is 469 g/mol. The molecule has 0 unspecified atom stereocenters. The first-order valence-electron chi connectivity index (χ1n) is 11.1. The maximum Gasteiger partial charge on any atom is 0.329 e. The van der Waals surface area contributed by atoms with Crippen LogP contribution < -0.4 is 20.8 Å². The van der Waals surface area contributed by atoms with E-state index in [4.69, 9.17) is 9.47 Å². The third-order valence-corrected chi connectivity index (χ3v) is 4.56. The number of aryl methyl sites for hydroxylation is 2. The van der Waals surface area contributed by atoms with E-state index in [2.05, 4.69) is 21.2 Å². The van der Waals surface area contributed by atoms with E-state index < -0.39 is 11.8 Å². The Morgan fingerprint density at radius 1 is 1.03 bits per heavy atom. The smallest absolute Gasteiger partial charge is 0.329 e. The molecule has 0 aliphatic heterocycles. The second kappa shape index (κ2) is 13.7. The molecule has 0 atom stereocenters. The van der Waals surface area contributed by atoms with E-state index in [0.29, 0.717) is 30.9 Å². The fourth-order valence-electron chi connectivity index (χ4n) is 2.75. The van der Waals surface area contributed by atoms with Crippen LogP contribution in [0.5, 0.6) is 5.75 Å². The Kier molecular flexibility index (Phi) is 10.7. The molecule has 0 fully saturated rings. The van der Waals surface area contributed by atoms with Crippen molar-refractivity contribution in [2.75, 3.05) is 25.1 Å². The Hall–Kier alpha value is -3.72. The van der Waals surface area contributed by atoms with E-state index >= 15 is 0 Å². The van der Waals surface area contributed by atoms with Crippen molar-refractivity contribution >= 4 is 29.6 Å². The summed E-state index contributed by atoms with van der Waals surface area (Å²) in [5.74, 6) is -1.36. The van der Waals surface area contributed by atoms with Crippen molar-refractivity contribution in [3.8, 4) is 5.75 Å². The summed E-state index contributed by atoms with van der Waals surface area (Å²) in [6.45, 7) is 8.46. The number of anilines is 1. The average Bonchev–Trinajstić information content (AvgIpc) is 2.80. The van der Waals surface area contributed by atoms with Gasteiger partial charge in [0.25, 0.3) is 5.91 Å². The number of benzene rings is 2. The van der Waals surface area contributed by atoms with Gasteiger partial charge < -0.3 is 20.1 Å². The van der Waals surface area contributed by atoms with Crippen molar-refractivity contribution in [3.05, 3.63) is 59.2 Å². The van der Waals surface area contributed by atoms with Crippen LogP contribution in [0.2, 0.25) is 0 Å². The first-order valence-corrected chi connectivity index (χ1v) is 11.1. The fourth-order valence-corrected chi connectivity index (χ4v) is 2.75. The summed E-state index contributed by atoms with van der Waals surface area (Å²) in [5.41, 5.74) is 5.65. The van der Waals surface area contributed by atoms with Crippen LogP contribution in [0.1, 0.15) is 37.0 Å². The number of carbonyl (C=O) groups excluding carboxylic acids is 3. The first kappa shape index (κ1) is 26.5. The quantitative estimate of drug-likeness (QED) is 0.203. The molecule has 2 aromatic carbocycles. The van der Waals surface area contributed by atoms with Gasteiger partial charge in [0.05, 0.1) is 12.3 Å². The van der Waals surface area contributed by atoms with Crippen molar-refractivity contribution in [2.45, 2.75) is 40.2 Å². The highest BCUT2D eigenvalue weighted by Crippen LogP contribution is 2.16. The Labute approximate surface area is 199 Å². The van der Waals surface area contributed by atoms with E-state index in [-0.39, 0.29) is 18.6 Å². The van der Waals surface area contributed by atoms with Gasteiger partial charge in [-0.15, -0.1) is 0 Å². The SMILES string of the molecule is Cc1ccc(C)c(NC(=O)COc2ccc(/C=N\NC(=O)C(=O)NCCCOC(C)C)cc2)c1. The first-order chi connectivity index (χ1) is 16.2. The zero-order valence-electron chi connectivity index (χ0n) is 20.0. The molecule has 2 rings (SSSR count). The molecule has 0 aliphatic rings. The van der Waals surface area contributed by atoms with Crippen LogP contribution in [0.25, 0.3) is 0 Å². The van der Waals surface area contributed by atoms with E-state index in [1.807, 2.05) is 45.9 Å². The maximum absolute atomic E-state index is 12.2. The van der Waals surface area contributed by atoms with Crippen molar-refractivity contribution in [1.82, 2.24) is 10.7 Å². The molecule has 9 nitrogen and oxygen atoms in total. The molecular weight excluding hydrogens is 436 g/mol. The molecule has 2 aromatic rings. The molecule has 9 heteroatoms. The highest BCUT2D eigenvalue weighted by atomic mass is 16.5. The van der Waals surface area contributed by atoms with E-state index in [9.17, 15) is 14.4 Å². The van der Waals surface area contributed by atoms with Gasteiger partial charge in [0, 0.05) is 18.8 Å². The number of hydrogen-bond acceptors (Lipinski definition) is 6. The third-order valence-electron chi connectivity index (χ3n) is 4.56. The van der Waals surface area contributed by atoms with Gasteiger partial charge in [-0.1, -0.05) is 12.1 Å². The fraction of sp³-hybridized carbons (Fsp3) is 0.360. The Morgan fingerprint density at radius 2 is 1.76 bits per heavy atom. The molecule has 3 amide bonds. The summed E-state index contributed by atoms with van der Waals surface area (Å²) in [6.07, 6.45) is 2.14. The molecule has 0 radical (unpaired) electrons. The lowest BCUT2D eigenvalue weighted by atomic mass is 10.1. The lowest BCUT2D eigenvalue weighted by Gasteiger charge is -2.10. The second-order valence-electron chi connectivity index (χ2n) is 7.95. The van der Waals surface area contributed by atoms with Crippen LogP contribution in [0.4, 0.5) is 5.69 Å². The molecule has 34 heavy (non-hydrogen) atoms. The van der Waals surface area contributed by atoms with E-state index in [1.165, 1.54) is 6.21 Å². The molecule has 0 aromatic heterocycles. The van der Waals surface area contributed by atoms with Gasteiger partial charge in [-0.3, -0.25) is 14.4 Å². The Morgan fingerprint density at radius 3 is 2.47 bits per heavy atom. The zero-order chi connectivity index (χ0) is 24.9. The number of nitrogens with one attached hydrogen (secondary N) is 3. The third kappa shape index (κ3) is 9.83. The Bertz CT molecular complexity index is 1000. The minimum absolute atomic E-state index is 0.127. The van der Waals surface area contributed by atoms with Crippen molar-refractivity contribution in [1.29, 1.82) is 0 Å². The number of rotatable bonds is 11. The lowest BCUT2D eigenvalue weighted by Crippen LogP contribution is -2.38. The summed E-state index contributed by atoms with van der Waals surface area (Å²) in [6, 6.07) is 12.6. The molecule has 182 valence electrons. The van der Waals surface area contributed by atoms with Crippen molar-refractivity contribution in [3.63, 3.8) is 0 Å². The molecule has 0 heterocycles. The molecule has 3 N–H and O–H groups in total. The topological polar surface area (TPSA) is 118 Å². The van der Waals surface area contributed by atoms with Crippen molar-refractivity contribution < 1.29 is 23.9 Å². The summed E-state index contributed by atoms with van der Waals surface area (Å²) in [7, 11) is 0. The lowest BCUT2D eigenvalue weighted by molar-refractivity contribution is -0.139. The number of carbonyl (C=O) groups is 3. The molecule has 0 saturated carbocycles. The van der Waals surface area contributed by atoms with Gasteiger partial charge in [0.1, 0.15) is 5.75 Å². The maximum atomic E-state index is 12.2. The minimum Gasteiger partial charge on any atom is -0.484 e. The number of ether oxygens (including phenoxy) is 2. The van der Waals surface area contributed by atoms with Gasteiger partial charge in [-0.2, -0.15) is 5.10 Å². The van der Waals surface area contributed by atoms with Crippen LogP contribution in [-0.2, 0) is 19.1 Å². The molecule has 0 bridgehead atoms. The summed E-state index contributed by atoms with van der Waals surface area (Å²) >= 11 is 0. The summed E-state index contributed by atoms with van der Waals surface area (Å²) in [5, 5.41) is 9.12. The molecule has 0 saturated heterocycles. The van der Waals surface area contributed by atoms with Gasteiger partial charge in [-0.05, 0) is 81.1 Å². The predicted octanol–water partition coefficient (Wildman–Crippen LogP) is 2.70. The summed E-state index contributed by atoms with van der Waals surface area (Å²) < 4.78 is 10.9. The van der Waals surface area contributed by atoms with Crippen LogP contribution >= 0.6 is 0 Å². The number of nitrogens with zero attached hydrogens (tertiary/aromatic N) is 1. The van der Waals surface area contributed by atoms with E-state index in [1.54, 1.807) is 24.3 Å². The van der Waals surface area contributed by atoms with Gasteiger partial charge >= 0.3 is 11.8 Å². The monoisotopic (exact) mass is 468 g/mol. The standard InChI is InChI=1S/C25H32N4O5/c1-17(2)33-13-5-12-26-24(31)25(32)29-27-15-20-8-10-21(11-9-20)34-16-23(30)28-22-14-18(3)6-7-19(22)4/h6-11,14-15,17H,5,12-13,16H2,1-4H3,(H,26,31)(H,28,30)(H,29,32)/b27-15-. The molecule has 0 aliphatic carbocycles. The Balaban J connectivity index is 1.71. The number of hydrogen-bond donors (Lipinski definition) is 3. The summed E-state index contributed by atoms with van der Waals surface area (Å²) in [4.78, 5) is 35.6. The predicted molar refractivity (Wildman–Crippen MR) is 131 cm³/mol. The number of amides is 3. The largest absolute Gasteiger partial charge is 0.484 e. The van der Waals surface area contributed by atoms with Crippen LogP contribution in [-0.4, -0.2) is 49.8 Å². The highest BCUT2D eigenvalue weighted by molar-refractivity contribution is 6.35. The van der Waals surface area contributed by atoms with Crippen LogP contribution in [0.15, 0.2) is 47.6 Å². The van der Waals surface area contributed by atoms with Crippen LogP contribution in [0.3, 0.4) is 0 Å². The van der Waals surface area contributed by atoms with E-state index in [0.717, 1.165) is 16.8 Å². The zero-order valence-corrected chi connectivity index (χ0v) is 20.0. The van der Waals surface area contributed by atoms with Gasteiger partial charge in [0.15, 0.2) is 6.61 Å². The normalized spacial score (nSPS) is 10.9. The number of hydrazone groups is 1. The van der Waals surface area contributed by atoms with Gasteiger partial charge in [0.2, 0.25) is 0 Å². The molecule has 0 spiro atoms.